The van der Waals surface area contributed by atoms with E-state index in [1.54, 1.807) is 0 Å². The highest BCUT2D eigenvalue weighted by Gasteiger charge is 2.18. The van der Waals surface area contributed by atoms with Gasteiger partial charge in [-0.2, -0.15) is 0 Å². The van der Waals surface area contributed by atoms with Crippen LogP contribution in [0.4, 0.5) is 0 Å². The van der Waals surface area contributed by atoms with Gasteiger partial charge in [0.25, 0.3) is 0 Å². The van der Waals surface area contributed by atoms with Gasteiger partial charge in [0.15, 0.2) is 0 Å². The van der Waals surface area contributed by atoms with E-state index in [1.807, 2.05) is 0 Å². The van der Waals surface area contributed by atoms with E-state index in [4.69, 9.17) is 5.11 Å². The zero-order valence-electron chi connectivity index (χ0n) is 7.30. The first kappa shape index (κ1) is 10.6. The van der Waals surface area contributed by atoms with Gasteiger partial charge in [-0.05, 0) is 5.16 Å². The smallest absolute Gasteiger partial charge is 0.360 e. The number of sulfone groups is 1. The van der Waals surface area contributed by atoms with Crippen LogP contribution in [0.15, 0.2) is 4.63 Å². The van der Waals surface area contributed by atoms with E-state index < -0.39 is 15.8 Å². The first-order chi connectivity index (χ1) is 6.40. The van der Waals surface area contributed by atoms with Crippen molar-refractivity contribution in [1.82, 2.24) is 10.3 Å². The zero-order chi connectivity index (χ0) is 10.8. The Balaban J connectivity index is 2.77. The average molecular weight is 220 g/mol. The van der Waals surface area contributed by atoms with E-state index in [-0.39, 0.29) is 23.6 Å². The molecule has 1 rings (SSSR count). The number of rotatable bonds is 4. The van der Waals surface area contributed by atoms with Gasteiger partial charge in [0.2, 0.25) is 5.69 Å². The first-order valence-electron chi connectivity index (χ1n) is 3.62. The molecule has 0 spiro atoms. The number of carboxylic acids is 1. The van der Waals surface area contributed by atoms with Gasteiger partial charge in [0, 0.05) is 12.7 Å². The van der Waals surface area contributed by atoms with Gasteiger partial charge < -0.3 is 5.11 Å². The van der Waals surface area contributed by atoms with Crippen LogP contribution in [0.25, 0.3) is 0 Å². The molecule has 1 heterocycles. The fraction of sp³-hybridized carbons (Fsp3) is 0.500. The Morgan fingerprint density at radius 1 is 1.50 bits per heavy atom. The van der Waals surface area contributed by atoms with Gasteiger partial charge in [-0.3, -0.25) is 0 Å². The molecule has 0 aromatic carbocycles. The van der Waals surface area contributed by atoms with Crippen molar-refractivity contribution < 1.29 is 22.9 Å². The molecule has 78 valence electrons. The van der Waals surface area contributed by atoms with Crippen molar-refractivity contribution in [2.45, 2.75) is 6.42 Å². The fourth-order valence-corrected chi connectivity index (χ4v) is 1.38. The van der Waals surface area contributed by atoms with Crippen LogP contribution in [-0.4, -0.2) is 41.8 Å². The Hall–Kier alpha value is -1.44. The molecule has 0 saturated heterocycles. The van der Waals surface area contributed by atoms with Crippen molar-refractivity contribution in [3.63, 3.8) is 0 Å². The summed E-state index contributed by atoms with van der Waals surface area (Å²) in [5.74, 6) is -1.46. The number of aromatic carboxylic acids is 1. The van der Waals surface area contributed by atoms with Gasteiger partial charge >= 0.3 is 5.97 Å². The summed E-state index contributed by atoms with van der Waals surface area (Å²) in [5, 5.41) is 15.0. The van der Waals surface area contributed by atoms with Crippen LogP contribution in [0.1, 0.15) is 16.2 Å². The second kappa shape index (κ2) is 3.74. The number of aromatic nitrogens is 2. The molecule has 0 aliphatic rings. The highest BCUT2D eigenvalue weighted by molar-refractivity contribution is 7.90. The van der Waals surface area contributed by atoms with E-state index in [2.05, 4.69) is 14.9 Å². The van der Waals surface area contributed by atoms with E-state index in [1.165, 1.54) is 0 Å². The maximum Gasteiger partial charge on any atom is 0.360 e. The maximum absolute atomic E-state index is 10.8. The fourth-order valence-electron chi connectivity index (χ4n) is 0.815. The predicted octanol–water partition coefficient (Wildman–Crippen LogP) is -0.645. The molecular weight excluding hydrogens is 212 g/mol. The standard InChI is InChI=1S/C6H8N2O5S/c1-14(11,12)3-2-4-5(6(9)10)8-13-7-4/h2-3H2,1H3,(H,9,10). The highest BCUT2D eigenvalue weighted by atomic mass is 32.2. The second-order valence-electron chi connectivity index (χ2n) is 2.74. The SMILES string of the molecule is CS(=O)(=O)CCc1nonc1C(=O)O. The van der Waals surface area contributed by atoms with E-state index in [9.17, 15) is 13.2 Å². The molecule has 0 radical (unpaired) electrons. The lowest BCUT2D eigenvalue weighted by molar-refractivity contribution is 0.0684. The molecule has 1 N–H and O–H groups in total. The first-order valence-corrected chi connectivity index (χ1v) is 5.68. The minimum Gasteiger partial charge on any atom is -0.476 e. The summed E-state index contributed by atoms with van der Waals surface area (Å²) in [4.78, 5) is 10.5. The third kappa shape index (κ3) is 2.80. The summed E-state index contributed by atoms with van der Waals surface area (Å²) in [6.07, 6.45) is 1.05. The summed E-state index contributed by atoms with van der Waals surface area (Å²) in [5.41, 5.74) is -0.295. The Morgan fingerprint density at radius 2 is 2.14 bits per heavy atom. The number of carboxylic acid groups (broad SMARTS) is 1. The third-order valence-electron chi connectivity index (χ3n) is 1.47. The Morgan fingerprint density at radius 3 is 2.64 bits per heavy atom. The van der Waals surface area contributed by atoms with Crippen molar-refractivity contribution in [3.8, 4) is 0 Å². The summed E-state index contributed by atoms with van der Waals surface area (Å²) < 4.78 is 25.8. The molecule has 0 aliphatic carbocycles. The average Bonchev–Trinajstić information content (AvgIpc) is 2.46. The van der Waals surface area contributed by atoms with Crippen molar-refractivity contribution in [3.05, 3.63) is 11.4 Å². The lowest BCUT2D eigenvalue weighted by atomic mass is 10.3. The van der Waals surface area contributed by atoms with Crippen LogP contribution >= 0.6 is 0 Å². The van der Waals surface area contributed by atoms with Crippen molar-refractivity contribution >= 4 is 15.8 Å². The topological polar surface area (TPSA) is 110 Å². The largest absolute Gasteiger partial charge is 0.476 e. The molecule has 0 aliphatic heterocycles. The lowest BCUT2D eigenvalue weighted by Gasteiger charge is -1.94. The molecule has 0 saturated carbocycles. The molecule has 0 amide bonds. The van der Waals surface area contributed by atoms with Gasteiger partial charge in [-0.15, -0.1) is 0 Å². The quantitative estimate of drug-likeness (QED) is 0.718. The second-order valence-corrected chi connectivity index (χ2v) is 5.00. The van der Waals surface area contributed by atoms with Gasteiger partial charge in [-0.25, -0.2) is 17.8 Å². The maximum atomic E-state index is 10.8. The van der Waals surface area contributed by atoms with Crippen molar-refractivity contribution in [1.29, 1.82) is 0 Å². The summed E-state index contributed by atoms with van der Waals surface area (Å²) in [6, 6.07) is 0. The molecule has 0 bridgehead atoms. The Bertz CT molecular complexity index is 435. The number of hydrogen-bond donors (Lipinski definition) is 1. The molecule has 7 nitrogen and oxygen atoms in total. The number of carbonyl (C=O) groups is 1. The van der Waals surface area contributed by atoms with E-state index >= 15 is 0 Å². The molecular formula is C6H8N2O5S. The van der Waals surface area contributed by atoms with E-state index in [0.717, 1.165) is 6.26 Å². The van der Waals surface area contributed by atoms with Gasteiger partial charge in [0.05, 0.1) is 5.75 Å². The lowest BCUT2D eigenvalue weighted by Crippen LogP contribution is -2.09. The minimum absolute atomic E-state index is 0.00995. The normalized spacial score (nSPS) is 11.5. The number of nitrogens with zero attached hydrogens (tertiary/aromatic N) is 2. The van der Waals surface area contributed by atoms with Crippen LogP contribution in [0.2, 0.25) is 0 Å². The zero-order valence-corrected chi connectivity index (χ0v) is 8.11. The number of hydrogen-bond acceptors (Lipinski definition) is 6. The molecule has 1 aromatic heterocycles. The monoisotopic (exact) mass is 220 g/mol. The van der Waals surface area contributed by atoms with Crippen LogP contribution in [0.3, 0.4) is 0 Å². The molecule has 0 unspecified atom stereocenters. The Labute approximate surface area is 79.6 Å². The molecule has 8 heteroatoms. The summed E-state index contributed by atoms with van der Waals surface area (Å²) >= 11 is 0. The molecule has 14 heavy (non-hydrogen) atoms. The molecule has 0 fully saturated rings. The Kier molecular flexibility index (Phi) is 2.84. The van der Waals surface area contributed by atoms with E-state index in [0.29, 0.717) is 0 Å². The summed E-state index contributed by atoms with van der Waals surface area (Å²) in [6.45, 7) is 0. The number of aryl methyl sites for hydroxylation is 1. The molecule has 1 aromatic rings. The van der Waals surface area contributed by atoms with Crippen molar-refractivity contribution in [2.24, 2.45) is 0 Å². The molecule has 0 atom stereocenters. The van der Waals surface area contributed by atoms with Crippen molar-refractivity contribution in [2.75, 3.05) is 12.0 Å². The third-order valence-corrected chi connectivity index (χ3v) is 2.41. The van der Waals surface area contributed by atoms with Gasteiger partial charge in [-0.1, -0.05) is 5.16 Å². The van der Waals surface area contributed by atoms with Crippen LogP contribution in [0.5, 0.6) is 0 Å². The van der Waals surface area contributed by atoms with Crippen LogP contribution in [0, 0.1) is 0 Å². The highest BCUT2D eigenvalue weighted by Crippen LogP contribution is 2.04. The minimum atomic E-state index is -3.15. The van der Waals surface area contributed by atoms with Crippen LogP contribution in [-0.2, 0) is 16.3 Å². The van der Waals surface area contributed by atoms with Crippen LogP contribution < -0.4 is 0 Å². The predicted molar refractivity (Wildman–Crippen MR) is 44.7 cm³/mol. The summed E-state index contributed by atoms with van der Waals surface area (Å²) in [7, 11) is -3.15. The van der Waals surface area contributed by atoms with Gasteiger partial charge in [0.1, 0.15) is 15.5 Å².